The third-order valence-electron chi connectivity index (χ3n) is 3.70. The van der Waals surface area contributed by atoms with E-state index in [1.54, 1.807) is 20.2 Å². The van der Waals surface area contributed by atoms with Crippen molar-refractivity contribution < 1.29 is 19.1 Å². The molecule has 2 heterocycles. The van der Waals surface area contributed by atoms with Crippen molar-refractivity contribution in [2.24, 2.45) is 5.16 Å². The van der Waals surface area contributed by atoms with Gasteiger partial charge in [0.2, 0.25) is 0 Å². The number of hydrogen-bond acceptors (Lipinski definition) is 5. The molecule has 1 atom stereocenters. The largest absolute Gasteiger partial charge is 0.497 e. The molecule has 0 amide bonds. The minimum absolute atomic E-state index is 0.294. The van der Waals surface area contributed by atoms with Crippen molar-refractivity contribution in [1.29, 1.82) is 0 Å². The van der Waals surface area contributed by atoms with Crippen molar-refractivity contribution in [3.8, 4) is 5.75 Å². The number of esters is 1. The lowest BCUT2D eigenvalue weighted by Crippen LogP contribution is -2.10. The van der Waals surface area contributed by atoms with Gasteiger partial charge in [0.25, 0.3) is 0 Å². The molecule has 6 nitrogen and oxygen atoms in total. The molecule has 0 fully saturated rings. The smallest absolute Gasteiger partial charge is 0.355 e. The molecule has 0 aliphatic carbocycles. The maximum Gasteiger partial charge on any atom is 0.355 e. The van der Waals surface area contributed by atoms with E-state index in [2.05, 4.69) is 10.1 Å². The first-order valence-corrected chi connectivity index (χ1v) is 7.44. The van der Waals surface area contributed by atoms with Crippen molar-refractivity contribution in [3.05, 3.63) is 53.3 Å². The van der Waals surface area contributed by atoms with Gasteiger partial charge in [-0.25, -0.2) is 4.79 Å². The molecule has 0 saturated carbocycles. The van der Waals surface area contributed by atoms with Gasteiger partial charge in [0.1, 0.15) is 11.4 Å². The van der Waals surface area contributed by atoms with Gasteiger partial charge in [-0.3, -0.25) is 0 Å². The molecule has 120 valence electrons. The first kappa shape index (κ1) is 15.1. The predicted molar refractivity (Wildman–Crippen MR) is 84.7 cm³/mol. The van der Waals surface area contributed by atoms with Crippen LogP contribution in [-0.2, 0) is 9.57 Å². The number of nitrogens with zero attached hydrogens (tertiary/aromatic N) is 1. The number of nitrogens with one attached hydrogen (secondary N) is 1. The van der Waals surface area contributed by atoms with Crippen LogP contribution < -0.4 is 4.74 Å². The zero-order chi connectivity index (χ0) is 16.2. The van der Waals surface area contributed by atoms with Gasteiger partial charge >= 0.3 is 5.97 Å². The van der Waals surface area contributed by atoms with E-state index in [1.165, 1.54) is 0 Å². The van der Waals surface area contributed by atoms with Crippen LogP contribution in [-0.4, -0.2) is 30.4 Å². The van der Waals surface area contributed by atoms with E-state index >= 15 is 0 Å². The van der Waals surface area contributed by atoms with Crippen LogP contribution in [0.25, 0.3) is 0 Å². The van der Waals surface area contributed by atoms with Gasteiger partial charge in [0.15, 0.2) is 6.10 Å². The average molecular weight is 314 g/mol. The summed E-state index contributed by atoms with van der Waals surface area (Å²) in [4.78, 5) is 20.4. The lowest BCUT2D eigenvalue weighted by Gasteiger charge is -2.09. The molecule has 1 unspecified atom stereocenters. The highest BCUT2D eigenvalue weighted by Crippen LogP contribution is 2.32. The number of benzene rings is 1. The van der Waals surface area contributed by atoms with Crippen molar-refractivity contribution in [1.82, 2.24) is 4.98 Å². The van der Waals surface area contributed by atoms with Gasteiger partial charge in [-0.2, -0.15) is 0 Å². The zero-order valence-corrected chi connectivity index (χ0v) is 13.0. The molecule has 1 aliphatic rings. The summed E-state index contributed by atoms with van der Waals surface area (Å²) < 4.78 is 10.2. The monoisotopic (exact) mass is 314 g/mol. The summed E-state index contributed by atoms with van der Waals surface area (Å²) in [6, 6.07) is 9.46. The molecule has 0 saturated heterocycles. The second kappa shape index (κ2) is 6.56. The van der Waals surface area contributed by atoms with E-state index in [1.807, 2.05) is 30.3 Å². The number of hydrogen-bond donors (Lipinski definition) is 1. The van der Waals surface area contributed by atoms with Crippen LogP contribution in [0.3, 0.4) is 0 Å². The topological polar surface area (TPSA) is 72.9 Å². The van der Waals surface area contributed by atoms with Gasteiger partial charge in [0.05, 0.1) is 19.4 Å². The molecule has 2 aromatic rings. The lowest BCUT2D eigenvalue weighted by molar-refractivity contribution is 0.0500. The highest BCUT2D eigenvalue weighted by atomic mass is 16.6. The number of aromatic amines is 1. The summed E-state index contributed by atoms with van der Waals surface area (Å²) >= 11 is 0. The van der Waals surface area contributed by atoms with Crippen molar-refractivity contribution in [2.45, 2.75) is 19.4 Å². The molecular formula is C17H18N2O4. The first-order chi connectivity index (χ1) is 11.2. The Hall–Kier alpha value is -2.76. The van der Waals surface area contributed by atoms with E-state index in [-0.39, 0.29) is 12.1 Å². The summed E-state index contributed by atoms with van der Waals surface area (Å²) in [5.41, 5.74) is 2.99. The molecule has 0 spiro atoms. The van der Waals surface area contributed by atoms with E-state index in [4.69, 9.17) is 14.3 Å². The van der Waals surface area contributed by atoms with E-state index in [9.17, 15) is 4.79 Å². The Labute approximate surface area is 134 Å². The second-order valence-corrected chi connectivity index (χ2v) is 5.09. The number of carbonyl (C=O) groups excluding carboxylic acids is 1. The molecule has 6 heteroatoms. The van der Waals surface area contributed by atoms with E-state index in [0.717, 1.165) is 22.6 Å². The zero-order valence-electron chi connectivity index (χ0n) is 13.0. The minimum Gasteiger partial charge on any atom is -0.497 e. The van der Waals surface area contributed by atoms with Crippen LogP contribution >= 0.6 is 0 Å². The van der Waals surface area contributed by atoms with Crippen LogP contribution in [0.5, 0.6) is 5.75 Å². The van der Waals surface area contributed by atoms with Crippen LogP contribution in [0.4, 0.5) is 0 Å². The molecular weight excluding hydrogens is 296 g/mol. The summed E-state index contributed by atoms with van der Waals surface area (Å²) in [5, 5.41) is 4.16. The number of aromatic nitrogens is 1. The summed E-state index contributed by atoms with van der Waals surface area (Å²) in [6.07, 6.45) is 2.00. The summed E-state index contributed by atoms with van der Waals surface area (Å²) in [7, 11) is 1.63. The fourth-order valence-corrected chi connectivity index (χ4v) is 2.53. The second-order valence-electron chi connectivity index (χ2n) is 5.09. The maximum absolute atomic E-state index is 11.9. The minimum atomic E-state index is -0.381. The van der Waals surface area contributed by atoms with Gasteiger partial charge in [-0.15, -0.1) is 0 Å². The molecule has 0 bridgehead atoms. The Bertz CT molecular complexity index is 718. The van der Waals surface area contributed by atoms with Gasteiger partial charge in [-0.1, -0.05) is 5.16 Å². The van der Waals surface area contributed by atoms with Crippen molar-refractivity contribution >= 4 is 11.7 Å². The standard InChI is InChI=1S/C17H18N2O4/c1-3-22-17(20)16-13(8-9-18-16)15-10-14(19-23-15)11-4-6-12(21-2)7-5-11/h4-9,15,18H,3,10H2,1-2H3. The first-order valence-electron chi connectivity index (χ1n) is 7.44. The molecule has 3 rings (SSSR count). The third-order valence-corrected chi connectivity index (χ3v) is 3.70. The number of H-pyrrole nitrogens is 1. The Morgan fingerprint density at radius 3 is 2.83 bits per heavy atom. The van der Waals surface area contributed by atoms with E-state index in [0.29, 0.717) is 18.7 Å². The lowest BCUT2D eigenvalue weighted by atomic mass is 10.0. The quantitative estimate of drug-likeness (QED) is 0.861. The molecule has 1 aliphatic heterocycles. The Kier molecular flexibility index (Phi) is 4.32. The maximum atomic E-state index is 11.9. The molecule has 1 N–H and O–H groups in total. The highest BCUT2D eigenvalue weighted by Gasteiger charge is 2.29. The SMILES string of the molecule is CCOC(=O)c1[nH]ccc1C1CC(c2ccc(OC)cc2)=NO1. The van der Waals surface area contributed by atoms with E-state index < -0.39 is 0 Å². The van der Waals surface area contributed by atoms with Crippen molar-refractivity contribution in [3.63, 3.8) is 0 Å². The van der Waals surface area contributed by atoms with Crippen molar-refractivity contribution in [2.75, 3.05) is 13.7 Å². The molecule has 1 aromatic heterocycles. The fourth-order valence-electron chi connectivity index (χ4n) is 2.53. The average Bonchev–Trinajstić information content (AvgIpc) is 3.24. The van der Waals surface area contributed by atoms with Crippen LogP contribution in [0.2, 0.25) is 0 Å². The number of methoxy groups -OCH3 is 1. The number of ether oxygens (including phenoxy) is 2. The highest BCUT2D eigenvalue weighted by molar-refractivity contribution is 6.01. The van der Waals surface area contributed by atoms with Crippen LogP contribution in [0, 0.1) is 0 Å². The Balaban J connectivity index is 1.74. The van der Waals surface area contributed by atoms with Gasteiger partial charge < -0.3 is 19.3 Å². The van der Waals surface area contributed by atoms with Gasteiger partial charge in [-0.05, 0) is 42.8 Å². The normalized spacial score (nSPS) is 16.6. The van der Waals surface area contributed by atoms with Crippen LogP contribution in [0.1, 0.15) is 41.1 Å². The number of rotatable bonds is 5. The number of oxime groups is 1. The van der Waals surface area contributed by atoms with Gasteiger partial charge in [0, 0.05) is 18.2 Å². The van der Waals surface area contributed by atoms with Crippen LogP contribution in [0.15, 0.2) is 41.7 Å². The Morgan fingerprint density at radius 2 is 2.13 bits per heavy atom. The molecule has 1 aromatic carbocycles. The summed E-state index contributed by atoms with van der Waals surface area (Å²) in [6.45, 7) is 2.11. The number of carbonyl (C=O) groups is 1. The predicted octanol–water partition coefficient (Wildman–Crippen LogP) is 3.07. The summed E-state index contributed by atoms with van der Waals surface area (Å²) in [5.74, 6) is 0.411. The molecule has 0 radical (unpaired) electrons. The molecule has 23 heavy (non-hydrogen) atoms. The third kappa shape index (κ3) is 3.06. The Morgan fingerprint density at radius 1 is 1.35 bits per heavy atom. The fraction of sp³-hybridized carbons (Fsp3) is 0.294.